The van der Waals surface area contributed by atoms with Gasteiger partial charge >= 0.3 is 0 Å². The summed E-state index contributed by atoms with van der Waals surface area (Å²) in [5.41, 5.74) is 9.58. The van der Waals surface area contributed by atoms with Gasteiger partial charge in [0.05, 0.1) is 22.1 Å². The molecule has 0 N–H and O–H groups in total. The van der Waals surface area contributed by atoms with Gasteiger partial charge in [-0.1, -0.05) is 176 Å². The molecule has 0 spiro atoms. The van der Waals surface area contributed by atoms with Crippen molar-refractivity contribution in [1.29, 1.82) is 0 Å². The molecule has 0 unspecified atom stereocenters. The van der Waals surface area contributed by atoms with Crippen LogP contribution in [0.2, 0.25) is 0 Å². The summed E-state index contributed by atoms with van der Waals surface area (Å²) >= 11 is 0. The molecule has 0 saturated carbocycles. The zero-order chi connectivity index (χ0) is 41.0. The number of hydrogen-bond acceptors (Lipinski definition) is 6. The number of rotatable bonds is 7. The molecule has 0 aliphatic heterocycles. The Hall–Kier alpha value is -8.62. The van der Waals surface area contributed by atoms with Gasteiger partial charge in [-0.05, 0) is 41.5 Å². The second-order valence-electron chi connectivity index (χ2n) is 15.2. The minimum absolute atomic E-state index is 0.547. The van der Waals surface area contributed by atoms with E-state index >= 15 is 0 Å². The molecule has 0 saturated heterocycles. The molecule has 12 rings (SSSR count). The summed E-state index contributed by atoms with van der Waals surface area (Å²) in [4.78, 5) is 31.1. The van der Waals surface area contributed by atoms with Gasteiger partial charge in [0.1, 0.15) is 0 Å². The molecule has 290 valence electrons. The lowest BCUT2D eigenvalue weighted by Gasteiger charge is -2.14. The molecule has 0 bridgehead atoms. The van der Waals surface area contributed by atoms with Gasteiger partial charge in [-0.25, -0.2) is 9.97 Å². The Morgan fingerprint density at radius 3 is 1.06 bits per heavy atom. The van der Waals surface area contributed by atoms with Crippen molar-refractivity contribution in [3.63, 3.8) is 0 Å². The van der Waals surface area contributed by atoms with Crippen molar-refractivity contribution in [2.45, 2.75) is 0 Å². The van der Waals surface area contributed by atoms with Crippen LogP contribution in [0.4, 0.5) is 0 Å². The Kier molecular flexibility index (Phi) is 8.31. The van der Waals surface area contributed by atoms with Gasteiger partial charge in [0.25, 0.3) is 0 Å². The predicted octanol–water partition coefficient (Wildman–Crippen LogP) is 12.6. The average molecular weight is 795 g/mol. The first-order chi connectivity index (χ1) is 30.7. The molecule has 0 fully saturated rings. The summed E-state index contributed by atoms with van der Waals surface area (Å²) in [6, 6.07) is 70.4. The van der Waals surface area contributed by atoms with E-state index in [2.05, 4.69) is 149 Å². The molecule has 0 atom stereocenters. The normalized spacial score (nSPS) is 11.5. The first kappa shape index (κ1) is 35.3. The van der Waals surface area contributed by atoms with Gasteiger partial charge in [-0.3, -0.25) is 9.13 Å². The van der Waals surface area contributed by atoms with E-state index in [0.29, 0.717) is 35.2 Å². The van der Waals surface area contributed by atoms with Crippen molar-refractivity contribution in [2.75, 3.05) is 0 Å². The smallest absolute Gasteiger partial charge is 0.238 e. The fourth-order valence-corrected chi connectivity index (χ4v) is 8.64. The van der Waals surface area contributed by atoms with Crippen molar-refractivity contribution in [1.82, 2.24) is 39.0 Å². The van der Waals surface area contributed by atoms with Crippen LogP contribution in [0.3, 0.4) is 0 Å². The number of benzene rings is 8. The van der Waals surface area contributed by atoms with Crippen LogP contribution in [0.15, 0.2) is 206 Å². The number of nitrogens with zero attached hydrogens (tertiary/aromatic N) is 8. The van der Waals surface area contributed by atoms with E-state index in [-0.39, 0.29) is 0 Å². The summed E-state index contributed by atoms with van der Waals surface area (Å²) in [5.74, 6) is 3.41. The topological polar surface area (TPSA) is 87.2 Å². The molecule has 12 aromatic rings. The molecule has 4 heterocycles. The Morgan fingerprint density at radius 2 is 0.581 bits per heavy atom. The lowest BCUT2D eigenvalue weighted by molar-refractivity contribution is 0.953. The molecule has 62 heavy (non-hydrogen) atoms. The quantitative estimate of drug-likeness (QED) is 0.160. The summed E-state index contributed by atoms with van der Waals surface area (Å²) in [6.45, 7) is 0. The lowest BCUT2D eigenvalue weighted by Crippen LogP contribution is -2.07. The molecule has 8 nitrogen and oxygen atoms in total. The third kappa shape index (κ3) is 5.92. The zero-order valence-electron chi connectivity index (χ0n) is 33.2. The molecule has 0 aliphatic rings. The lowest BCUT2D eigenvalue weighted by atomic mass is 9.97. The summed E-state index contributed by atoms with van der Waals surface area (Å²) < 4.78 is 4.28. The van der Waals surface area contributed by atoms with E-state index < -0.39 is 0 Å². The van der Waals surface area contributed by atoms with E-state index in [1.807, 2.05) is 66.7 Å². The Balaban J connectivity index is 1.04. The molecular weight excluding hydrogens is 761 g/mol. The Labute approximate surface area is 356 Å². The van der Waals surface area contributed by atoms with Crippen molar-refractivity contribution in [3.8, 4) is 68.6 Å². The molecule has 8 aromatic carbocycles. The molecule has 0 amide bonds. The summed E-state index contributed by atoms with van der Waals surface area (Å²) in [7, 11) is 0. The standard InChI is InChI=1S/C54H34N8/c1-3-18-35(19-4-1)49-55-51(59-53(57-49)61-45-30-13-9-25-40(45)41-26-10-14-31-46(41)61)38-23-17-22-37(34-38)39-24-7-8-29-44(39)52-56-50(36-20-5-2-6-21-36)58-54(60-52)62-47-32-15-11-27-42(47)43-28-12-16-33-48(43)62/h1-34H. The van der Waals surface area contributed by atoms with Crippen LogP contribution in [-0.2, 0) is 0 Å². The van der Waals surface area contributed by atoms with Crippen molar-refractivity contribution in [2.24, 2.45) is 0 Å². The van der Waals surface area contributed by atoms with Crippen LogP contribution >= 0.6 is 0 Å². The number of fused-ring (bicyclic) bond motifs is 6. The van der Waals surface area contributed by atoms with Gasteiger partial charge in [0.15, 0.2) is 23.3 Å². The van der Waals surface area contributed by atoms with Crippen molar-refractivity contribution >= 4 is 43.6 Å². The maximum atomic E-state index is 5.28. The second-order valence-corrected chi connectivity index (χ2v) is 15.2. The summed E-state index contributed by atoms with van der Waals surface area (Å²) in [5, 5.41) is 4.55. The van der Waals surface area contributed by atoms with Crippen molar-refractivity contribution < 1.29 is 0 Å². The molecular formula is C54H34N8. The van der Waals surface area contributed by atoms with Gasteiger partial charge in [-0.2, -0.15) is 19.9 Å². The van der Waals surface area contributed by atoms with Gasteiger partial charge in [0, 0.05) is 43.8 Å². The van der Waals surface area contributed by atoms with Crippen molar-refractivity contribution in [3.05, 3.63) is 206 Å². The fourth-order valence-electron chi connectivity index (χ4n) is 8.64. The molecule has 0 radical (unpaired) electrons. The first-order valence-electron chi connectivity index (χ1n) is 20.6. The van der Waals surface area contributed by atoms with Crippen LogP contribution in [0, 0.1) is 0 Å². The van der Waals surface area contributed by atoms with Gasteiger partial charge in [-0.15, -0.1) is 0 Å². The van der Waals surface area contributed by atoms with E-state index in [9.17, 15) is 0 Å². The highest BCUT2D eigenvalue weighted by Crippen LogP contribution is 2.37. The highest BCUT2D eigenvalue weighted by molar-refractivity contribution is 6.10. The molecule has 0 aliphatic carbocycles. The van der Waals surface area contributed by atoms with Crippen LogP contribution in [0.5, 0.6) is 0 Å². The van der Waals surface area contributed by atoms with E-state index in [1.54, 1.807) is 0 Å². The monoisotopic (exact) mass is 794 g/mol. The van der Waals surface area contributed by atoms with Crippen LogP contribution < -0.4 is 0 Å². The van der Waals surface area contributed by atoms with Gasteiger partial charge in [0.2, 0.25) is 11.9 Å². The molecule has 8 heteroatoms. The fraction of sp³-hybridized carbons (Fsp3) is 0. The Morgan fingerprint density at radius 1 is 0.242 bits per heavy atom. The largest absolute Gasteiger partial charge is 0.278 e. The third-order valence-electron chi connectivity index (χ3n) is 11.5. The van der Waals surface area contributed by atoms with Gasteiger partial charge < -0.3 is 0 Å². The maximum Gasteiger partial charge on any atom is 0.238 e. The third-order valence-corrected chi connectivity index (χ3v) is 11.5. The molecule has 4 aromatic heterocycles. The zero-order valence-corrected chi connectivity index (χ0v) is 33.2. The summed E-state index contributed by atoms with van der Waals surface area (Å²) in [6.07, 6.45) is 0. The minimum atomic E-state index is 0.547. The minimum Gasteiger partial charge on any atom is -0.278 e. The SMILES string of the molecule is c1ccc(-c2nc(-c3cccc(-c4ccccc4-c4nc(-c5ccccc5)nc(-n5c6ccccc6c6ccccc65)n4)c3)nc(-n3c4ccccc4c4ccccc43)n2)cc1. The average Bonchev–Trinajstić information content (AvgIpc) is 3.87. The number of aromatic nitrogens is 8. The second kappa shape index (κ2) is 14.6. The number of hydrogen-bond donors (Lipinski definition) is 0. The predicted molar refractivity (Wildman–Crippen MR) is 249 cm³/mol. The van der Waals surface area contributed by atoms with Crippen LogP contribution in [0.25, 0.3) is 112 Å². The van der Waals surface area contributed by atoms with Crippen LogP contribution in [0.1, 0.15) is 0 Å². The Bertz CT molecular complexity index is 3540. The van der Waals surface area contributed by atoms with Crippen LogP contribution in [-0.4, -0.2) is 39.0 Å². The van der Waals surface area contributed by atoms with E-state index in [1.165, 1.54) is 0 Å². The highest BCUT2D eigenvalue weighted by atomic mass is 15.2. The maximum absolute atomic E-state index is 5.28. The highest BCUT2D eigenvalue weighted by Gasteiger charge is 2.21. The van der Waals surface area contributed by atoms with E-state index in [4.69, 9.17) is 29.9 Å². The number of para-hydroxylation sites is 4. The first-order valence-corrected chi connectivity index (χ1v) is 20.6. The van der Waals surface area contributed by atoms with E-state index in [0.717, 1.165) is 77.0 Å².